The van der Waals surface area contributed by atoms with E-state index in [1.165, 1.54) is 23.6 Å². The second kappa shape index (κ2) is 11.1. The average molecular weight is 390 g/mol. The molecule has 26 heavy (non-hydrogen) atoms. The first-order valence-corrected chi connectivity index (χ1v) is 11.5. The van der Waals surface area contributed by atoms with Gasteiger partial charge in [-0.25, -0.2) is 12.7 Å². The van der Waals surface area contributed by atoms with Crippen molar-refractivity contribution >= 4 is 16.0 Å². The molecule has 1 fully saturated rings. The van der Waals surface area contributed by atoms with Crippen LogP contribution in [0.3, 0.4) is 0 Å². The number of nitrogens with one attached hydrogen (secondary N) is 2. The number of hydrogen-bond donors (Lipinski definition) is 2. The first-order chi connectivity index (χ1) is 12.2. The molecule has 1 heterocycles. The van der Waals surface area contributed by atoms with E-state index in [9.17, 15) is 8.42 Å². The summed E-state index contributed by atoms with van der Waals surface area (Å²) in [5, 5.41) is 6.60. The summed E-state index contributed by atoms with van der Waals surface area (Å²) in [5.41, 5.74) is 0.0538. The molecule has 8 heteroatoms. The molecule has 0 radical (unpaired) electrons. The van der Waals surface area contributed by atoms with E-state index in [2.05, 4.69) is 36.3 Å². The molecule has 0 bridgehead atoms. The van der Waals surface area contributed by atoms with Gasteiger partial charge in [-0.2, -0.15) is 0 Å². The Morgan fingerprint density at radius 2 is 1.81 bits per heavy atom. The van der Waals surface area contributed by atoms with Crippen LogP contribution in [0, 0.1) is 0 Å². The summed E-state index contributed by atoms with van der Waals surface area (Å²) in [5.74, 6) is 0.950. The Bertz CT molecular complexity index is 528. The van der Waals surface area contributed by atoms with Crippen LogP contribution in [0.15, 0.2) is 4.99 Å². The fourth-order valence-electron chi connectivity index (χ4n) is 3.08. The molecule has 0 unspecified atom stereocenters. The average Bonchev–Trinajstić information content (AvgIpc) is 2.63. The number of rotatable bonds is 10. The van der Waals surface area contributed by atoms with Gasteiger partial charge >= 0.3 is 0 Å². The lowest BCUT2D eigenvalue weighted by molar-refractivity contribution is 0.102. The van der Waals surface area contributed by atoms with Crippen molar-refractivity contribution in [1.29, 1.82) is 0 Å². The van der Waals surface area contributed by atoms with Gasteiger partial charge in [0.2, 0.25) is 10.0 Å². The van der Waals surface area contributed by atoms with Crippen LogP contribution in [-0.2, 0) is 10.0 Å². The molecule has 0 aromatic rings. The van der Waals surface area contributed by atoms with Crippen molar-refractivity contribution in [2.24, 2.45) is 4.99 Å². The summed E-state index contributed by atoms with van der Waals surface area (Å²) in [7, 11) is -1.46. The van der Waals surface area contributed by atoms with Crippen LogP contribution in [0.4, 0.5) is 0 Å². The third kappa shape index (κ3) is 7.80. The highest BCUT2D eigenvalue weighted by Crippen LogP contribution is 2.20. The Balaban J connectivity index is 2.47. The van der Waals surface area contributed by atoms with Crippen LogP contribution >= 0.6 is 0 Å². The van der Waals surface area contributed by atoms with Crippen molar-refractivity contribution in [3.05, 3.63) is 0 Å². The highest BCUT2D eigenvalue weighted by atomic mass is 32.2. The number of likely N-dealkylation sites (tertiary alicyclic amines) is 1. The number of aliphatic imine (C=N–C) groups is 1. The molecule has 154 valence electrons. The first kappa shape index (κ1) is 23.2. The van der Waals surface area contributed by atoms with Gasteiger partial charge in [0.25, 0.3) is 0 Å². The Morgan fingerprint density at radius 3 is 2.38 bits per heavy atom. The number of nitrogens with zero attached hydrogens (tertiary/aromatic N) is 3. The molecule has 1 saturated heterocycles. The lowest BCUT2D eigenvalue weighted by atomic mass is 9.99. The molecule has 0 aliphatic carbocycles. The van der Waals surface area contributed by atoms with Crippen molar-refractivity contribution in [3.8, 4) is 0 Å². The van der Waals surface area contributed by atoms with Crippen LogP contribution in [0.25, 0.3) is 0 Å². The molecule has 0 aromatic carbocycles. The zero-order valence-electron chi connectivity index (χ0n) is 17.3. The molecular weight excluding hydrogens is 350 g/mol. The van der Waals surface area contributed by atoms with Crippen LogP contribution in [0.1, 0.15) is 53.4 Å². The molecule has 1 aliphatic rings. The number of guanidine groups is 1. The van der Waals surface area contributed by atoms with E-state index >= 15 is 0 Å². The zero-order chi connectivity index (χ0) is 19.6. The fraction of sp³-hybridized carbons (Fsp3) is 0.944. The predicted molar refractivity (Wildman–Crippen MR) is 110 cm³/mol. The highest BCUT2D eigenvalue weighted by Gasteiger charge is 2.27. The maximum atomic E-state index is 11.8. The third-order valence-corrected chi connectivity index (χ3v) is 6.82. The largest absolute Gasteiger partial charge is 0.357 e. The molecule has 0 atom stereocenters. The van der Waals surface area contributed by atoms with Crippen molar-refractivity contribution in [3.63, 3.8) is 0 Å². The Kier molecular flexibility index (Phi) is 9.89. The lowest BCUT2D eigenvalue weighted by Crippen LogP contribution is -2.49. The number of piperidine rings is 1. The van der Waals surface area contributed by atoms with Gasteiger partial charge in [-0.15, -0.1) is 0 Å². The molecule has 0 spiro atoms. The van der Waals surface area contributed by atoms with E-state index in [-0.39, 0.29) is 11.3 Å². The topological polar surface area (TPSA) is 77.0 Å². The standard InChI is InChI=1S/C18H39N5O2S/c1-6-19-17(20-12-11-13-22(5)26(24,25)7-2)21-16-18(3,4)23-14-9-8-10-15-23/h6-16H2,1-5H3,(H2,19,20,21). The third-order valence-electron chi connectivity index (χ3n) is 4.96. The van der Waals surface area contributed by atoms with Crippen molar-refractivity contribution < 1.29 is 8.42 Å². The Morgan fingerprint density at radius 1 is 1.15 bits per heavy atom. The molecule has 0 amide bonds. The maximum Gasteiger partial charge on any atom is 0.213 e. The van der Waals surface area contributed by atoms with Crippen molar-refractivity contribution in [2.45, 2.75) is 58.9 Å². The van der Waals surface area contributed by atoms with Gasteiger partial charge in [0.05, 0.1) is 12.3 Å². The monoisotopic (exact) mass is 389 g/mol. The summed E-state index contributed by atoms with van der Waals surface area (Å²) in [6, 6.07) is 0. The van der Waals surface area contributed by atoms with Gasteiger partial charge in [0.15, 0.2) is 5.96 Å². The molecule has 1 aliphatic heterocycles. The first-order valence-electron chi connectivity index (χ1n) is 9.94. The summed E-state index contributed by atoms with van der Waals surface area (Å²) in [6.07, 6.45) is 4.64. The summed E-state index contributed by atoms with van der Waals surface area (Å²) >= 11 is 0. The van der Waals surface area contributed by atoms with Crippen LogP contribution in [0.5, 0.6) is 0 Å². The predicted octanol–water partition coefficient (Wildman–Crippen LogP) is 1.48. The minimum Gasteiger partial charge on any atom is -0.357 e. The van der Waals surface area contributed by atoms with E-state index in [4.69, 9.17) is 4.99 Å². The van der Waals surface area contributed by atoms with E-state index in [1.54, 1.807) is 14.0 Å². The van der Waals surface area contributed by atoms with E-state index in [0.717, 1.165) is 38.6 Å². The molecule has 0 saturated carbocycles. The summed E-state index contributed by atoms with van der Waals surface area (Å²) in [4.78, 5) is 7.30. The number of hydrogen-bond acceptors (Lipinski definition) is 4. The highest BCUT2D eigenvalue weighted by molar-refractivity contribution is 7.89. The van der Waals surface area contributed by atoms with Crippen LogP contribution in [0.2, 0.25) is 0 Å². The molecular formula is C18H39N5O2S. The van der Waals surface area contributed by atoms with E-state index in [1.807, 2.05) is 0 Å². The smallest absolute Gasteiger partial charge is 0.213 e. The zero-order valence-corrected chi connectivity index (χ0v) is 18.2. The Hall–Kier alpha value is -0.860. The molecule has 2 N–H and O–H groups in total. The second-order valence-corrected chi connectivity index (χ2v) is 9.92. The van der Waals surface area contributed by atoms with Crippen molar-refractivity contribution in [1.82, 2.24) is 19.8 Å². The van der Waals surface area contributed by atoms with Gasteiger partial charge in [0.1, 0.15) is 0 Å². The van der Waals surface area contributed by atoms with Gasteiger partial charge in [-0.1, -0.05) is 6.42 Å². The van der Waals surface area contributed by atoms with Crippen LogP contribution in [-0.4, -0.2) is 81.2 Å². The quantitative estimate of drug-likeness (QED) is 0.336. The van der Waals surface area contributed by atoms with Gasteiger partial charge < -0.3 is 10.6 Å². The minimum atomic E-state index is -3.10. The van der Waals surface area contributed by atoms with Crippen LogP contribution < -0.4 is 10.6 Å². The normalized spacial score (nSPS) is 17.5. The summed E-state index contributed by atoms with van der Waals surface area (Å²) in [6.45, 7) is 13.3. The SMILES string of the molecule is CCNC(=NCC(C)(C)N1CCCCC1)NCCCN(C)S(=O)(=O)CC. The van der Waals surface area contributed by atoms with E-state index in [0.29, 0.717) is 13.1 Å². The van der Waals surface area contributed by atoms with Gasteiger partial charge in [0, 0.05) is 32.2 Å². The Labute approximate surface area is 160 Å². The maximum absolute atomic E-state index is 11.8. The molecule has 1 rings (SSSR count). The molecule has 7 nitrogen and oxygen atoms in total. The van der Waals surface area contributed by atoms with Gasteiger partial charge in [-0.3, -0.25) is 9.89 Å². The second-order valence-electron chi connectivity index (χ2n) is 7.56. The fourth-order valence-corrected chi connectivity index (χ4v) is 3.93. The van der Waals surface area contributed by atoms with Crippen molar-refractivity contribution in [2.75, 3.05) is 52.1 Å². The van der Waals surface area contributed by atoms with E-state index < -0.39 is 10.0 Å². The minimum absolute atomic E-state index is 0.0538. The summed E-state index contributed by atoms with van der Waals surface area (Å²) < 4.78 is 24.9. The molecule has 0 aromatic heterocycles. The van der Waals surface area contributed by atoms with Gasteiger partial charge in [-0.05, 0) is 60.0 Å². The number of sulfonamides is 1. The lowest BCUT2D eigenvalue weighted by Gasteiger charge is -2.40.